The standard InChI is InChI=1S/C20H21N3O3/c24-18(21-13-6-2-3-7-13)17-16-11-12-5-1-4-8-15(12)23(16)20(26)19(25)22(17)14-9-10-14/h1,4-5,8,11,13-14,17H,2-3,6-7,9-10H2,(H,21,24). The van der Waals surface area contributed by atoms with Gasteiger partial charge in [-0.2, -0.15) is 0 Å². The predicted molar refractivity (Wildman–Crippen MR) is 95.6 cm³/mol. The number of nitrogens with one attached hydrogen (secondary N) is 1. The minimum absolute atomic E-state index is 0.00228. The van der Waals surface area contributed by atoms with Gasteiger partial charge in [-0.25, -0.2) is 0 Å². The van der Waals surface area contributed by atoms with Crippen LogP contribution in [0.2, 0.25) is 0 Å². The SMILES string of the molecule is O=C(NC1CCCC1)C1c2cc3ccccc3n2C(=O)C(=O)N1C1CC1. The van der Waals surface area contributed by atoms with E-state index in [0.29, 0.717) is 11.2 Å². The van der Waals surface area contributed by atoms with Crippen LogP contribution in [0.3, 0.4) is 0 Å². The van der Waals surface area contributed by atoms with Crippen LogP contribution in [0, 0.1) is 0 Å². The fourth-order valence-corrected chi connectivity index (χ4v) is 4.41. The molecule has 3 aliphatic rings. The van der Waals surface area contributed by atoms with E-state index in [0.717, 1.165) is 43.9 Å². The van der Waals surface area contributed by atoms with Gasteiger partial charge >= 0.3 is 11.8 Å². The van der Waals surface area contributed by atoms with Crippen LogP contribution in [0.4, 0.5) is 0 Å². The molecule has 2 saturated carbocycles. The second kappa shape index (κ2) is 5.69. The van der Waals surface area contributed by atoms with Gasteiger partial charge in [0.1, 0.15) is 0 Å². The summed E-state index contributed by atoms with van der Waals surface area (Å²) in [5, 5.41) is 4.00. The maximum atomic E-state index is 13.2. The first-order valence-corrected chi connectivity index (χ1v) is 9.43. The van der Waals surface area contributed by atoms with E-state index >= 15 is 0 Å². The van der Waals surface area contributed by atoms with Gasteiger partial charge in [0.25, 0.3) is 0 Å². The Labute approximate surface area is 151 Å². The fraction of sp³-hybridized carbons (Fsp3) is 0.450. The number of amides is 2. The highest BCUT2D eigenvalue weighted by Crippen LogP contribution is 2.40. The van der Waals surface area contributed by atoms with E-state index in [1.807, 2.05) is 30.3 Å². The van der Waals surface area contributed by atoms with Crippen molar-refractivity contribution in [2.45, 2.75) is 56.7 Å². The quantitative estimate of drug-likeness (QED) is 0.863. The second-order valence-corrected chi connectivity index (χ2v) is 7.60. The fourth-order valence-electron chi connectivity index (χ4n) is 4.41. The number of nitrogens with zero attached hydrogens (tertiary/aromatic N) is 2. The third-order valence-corrected chi connectivity index (χ3v) is 5.81. The molecule has 1 aliphatic heterocycles. The number of para-hydroxylation sites is 1. The zero-order valence-corrected chi connectivity index (χ0v) is 14.5. The summed E-state index contributed by atoms with van der Waals surface area (Å²) in [6, 6.07) is 8.80. The summed E-state index contributed by atoms with van der Waals surface area (Å²) in [6.45, 7) is 0. The van der Waals surface area contributed by atoms with Crippen molar-refractivity contribution in [1.29, 1.82) is 0 Å². The van der Waals surface area contributed by atoms with E-state index in [9.17, 15) is 14.4 Å². The smallest absolute Gasteiger partial charge is 0.320 e. The molecule has 6 nitrogen and oxygen atoms in total. The molecule has 2 aromatic rings. The lowest BCUT2D eigenvalue weighted by molar-refractivity contribution is -0.140. The number of rotatable bonds is 3. The van der Waals surface area contributed by atoms with Gasteiger partial charge in [-0.3, -0.25) is 19.0 Å². The molecular weight excluding hydrogens is 330 g/mol. The van der Waals surface area contributed by atoms with Crippen molar-refractivity contribution in [3.8, 4) is 0 Å². The van der Waals surface area contributed by atoms with Gasteiger partial charge in [-0.1, -0.05) is 31.0 Å². The molecule has 6 heteroatoms. The van der Waals surface area contributed by atoms with E-state index in [4.69, 9.17) is 0 Å². The number of hydrogen-bond acceptors (Lipinski definition) is 3. The highest BCUT2D eigenvalue weighted by Gasteiger charge is 2.49. The third kappa shape index (κ3) is 2.28. The monoisotopic (exact) mass is 351 g/mol. The number of hydrogen-bond donors (Lipinski definition) is 1. The maximum Gasteiger partial charge on any atom is 0.320 e. The second-order valence-electron chi connectivity index (χ2n) is 7.60. The van der Waals surface area contributed by atoms with Gasteiger partial charge < -0.3 is 10.2 Å². The normalized spacial score (nSPS) is 23.5. The average Bonchev–Trinajstić information content (AvgIpc) is 3.20. The topological polar surface area (TPSA) is 71.4 Å². The number of benzene rings is 1. The molecular formula is C20H21N3O3. The summed E-state index contributed by atoms with van der Waals surface area (Å²) >= 11 is 0. The van der Waals surface area contributed by atoms with Gasteiger partial charge in [-0.15, -0.1) is 0 Å². The lowest BCUT2D eigenvalue weighted by Gasteiger charge is -2.35. The zero-order valence-electron chi connectivity index (χ0n) is 14.5. The molecule has 0 saturated heterocycles. The van der Waals surface area contributed by atoms with Crippen LogP contribution in [0.5, 0.6) is 0 Å². The lowest BCUT2D eigenvalue weighted by Crippen LogP contribution is -2.54. The highest BCUT2D eigenvalue weighted by molar-refractivity contribution is 6.38. The molecule has 26 heavy (non-hydrogen) atoms. The summed E-state index contributed by atoms with van der Waals surface area (Å²) in [7, 11) is 0. The lowest BCUT2D eigenvalue weighted by atomic mass is 10.1. The molecule has 2 amide bonds. The zero-order chi connectivity index (χ0) is 17.8. The molecule has 1 unspecified atom stereocenters. The Bertz CT molecular complexity index is 922. The molecule has 1 aromatic heterocycles. The van der Waals surface area contributed by atoms with E-state index in [2.05, 4.69) is 5.32 Å². The highest BCUT2D eigenvalue weighted by atomic mass is 16.2. The van der Waals surface area contributed by atoms with E-state index < -0.39 is 17.9 Å². The maximum absolute atomic E-state index is 13.2. The molecule has 0 bridgehead atoms. The molecule has 1 atom stereocenters. The summed E-state index contributed by atoms with van der Waals surface area (Å²) < 4.78 is 1.44. The number of carbonyl (C=O) groups excluding carboxylic acids is 3. The third-order valence-electron chi connectivity index (χ3n) is 5.81. The van der Waals surface area contributed by atoms with Crippen molar-refractivity contribution in [3.63, 3.8) is 0 Å². The van der Waals surface area contributed by atoms with Crippen molar-refractivity contribution in [1.82, 2.24) is 14.8 Å². The molecule has 1 aromatic carbocycles. The van der Waals surface area contributed by atoms with Gasteiger partial charge in [0, 0.05) is 17.5 Å². The van der Waals surface area contributed by atoms with Crippen LogP contribution in [-0.2, 0) is 9.59 Å². The number of aromatic nitrogens is 1. The molecule has 134 valence electrons. The summed E-state index contributed by atoms with van der Waals surface area (Å²) in [5.41, 5.74) is 1.30. The van der Waals surface area contributed by atoms with E-state index in [-0.39, 0.29) is 18.0 Å². The van der Waals surface area contributed by atoms with Crippen molar-refractivity contribution >= 4 is 28.6 Å². The summed E-state index contributed by atoms with van der Waals surface area (Å²) in [4.78, 5) is 40.3. The molecule has 1 N–H and O–H groups in total. The molecule has 2 heterocycles. The molecule has 0 radical (unpaired) electrons. The Morgan fingerprint density at radius 3 is 2.46 bits per heavy atom. The van der Waals surface area contributed by atoms with Crippen molar-refractivity contribution in [3.05, 3.63) is 36.0 Å². The van der Waals surface area contributed by atoms with Crippen LogP contribution in [0.25, 0.3) is 10.9 Å². The van der Waals surface area contributed by atoms with Gasteiger partial charge in [0.05, 0.1) is 11.2 Å². The van der Waals surface area contributed by atoms with E-state index in [1.54, 1.807) is 0 Å². The summed E-state index contributed by atoms with van der Waals surface area (Å²) in [5.74, 6) is -1.28. The molecule has 2 fully saturated rings. The number of carbonyl (C=O) groups is 3. The van der Waals surface area contributed by atoms with Crippen molar-refractivity contribution in [2.24, 2.45) is 0 Å². The molecule has 0 spiro atoms. The van der Waals surface area contributed by atoms with Crippen LogP contribution >= 0.6 is 0 Å². The van der Waals surface area contributed by atoms with Crippen LogP contribution in [0.1, 0.15) is 55.1 Å². The molecule has 5 rings (SSSR count). The largest absolute Gasteiger partial charge is 0.351 e. The average molecular weight is 351 g/mol. The number of fused-ring (bicyclic) bond motifs is 3. The predicted octanol–water partition coefficient (Wildman–Crippen LogP) is 2.39. The minimum atomic E-state index is -0.722. The molecule has 2 aliphatic carbocycles. The Kier molecular flexibility index (Phi) is 3.42. The minimum Gasteiger partial charge on any atom is -0.351 e. The van der Waals surface area contributed by atoms with Crippen molar-refractivity contribution in [2.75, 3.05) is 0 Å². The first-order chi connectivity index (χ1) is 12.6. The van der Waals surface area contributed by atoms with Crippen LogP contribution < -0.4 is 5.32 Å². The Morgan fingerprint density at radius 2 is 1.73 bits per heavy atom. The van der Waals surface area contributed by atoms with Crippen LogP contribution in [0.15, 0.2) is 30.3 Å². The van der Waals surface area contributed by atoms with Gasteiger partial charge in [0.2, 0.25) is 5.91 Å². The summed E-state index contributed by atoms with van der Waals surface area (Å²) in [6.07, 6.45) is 5.92. The van der Waals surface area contributed by atoms with Gasteiger partial charge in [-0.05, 0) is 37.8 Å². The first kappa shape index (κ1) is 15.6. The van der Waals surface area contributed by atoms with Gasteiger partial charge in [0.15, 0.2) is 6.04 Å². The van der Waals surface area contributed by atoms with E-state index in [1.165, 1.54) is 9.47 Å². The first-order valence-electron chi connectivity index (χ1n) is 9.43. The Hall–Kier alpha value is -2.63. The van der Waals surface area contributed by atoms with Crippen LogP contribution in [-0.4, -0.2) is 39.3 Å². The Morgan fingerprint density at radius 1 is 1.00 bits per heavy atom. The van der Waals surface area contributed by atoms with Crippen molar-refractivity contribution < 1.29 is 14.4 Å². The Balaban J connectivity index is 1.62.